The molecule has 5 N–H and O–H groups in total. The second-order valence-corrected chi connectivity index (χ2v) is 7.63. The van der Waals surface area contributed by atoms with Gasteiger partial charge in [0, 0.05) is 13.7 Å². The lowest BCUT2D eigenvalue weighted by molar-refractivity contribution is 0.109. The van der Waals surface area contributed by atoms with E-state index in [4.69, 9.17) is 25.6 Å². The minimum absolute atomic E-state index is 0.269. The van der Waals surface area contributed by atoms with Crippen molar-refractivity contribution >= 4 is 11.6 Å². The van der Waals surface area contributed by atoms with Gasteiger partial charge in [0.15, 0.2) is 0 Å². The van der Waals surface area contributed by atoms with Crippen molar-refractivity contribution in [2.45, 2.75) is 58.7 Å². The number of pyridine rings is 1. The molecule has 2 heterocycles. The average Bonchev–Trinajstić information content (AvgIpc) is 3.22. The van der Waals surface area contributed by atoms with Gasteiger partial charge in [-0.05, 0) is 56.8 Å². The van der Waals surface area contributed by atoms with E-state index in [1.54, 1.807) is 7.05 Å². The van der Waals surface area contributed by atoms with Gasteiger partial charge in [0.05, 0.1) is 35.4 Å². The van der Waals surface area contributed by atoms with Gasteiger partial charge >= 0.3 is 0 Å². The molecule has 1 saturated carbocycles. The number of hydrazine groups is 1. The zero-order chi connectivity index (χ0) is 22.2. The molecular formula is C21H33N7O3. The van der Waals surface area contributed by atoms with Gasteiger partial charge in [-0.1, -0.05) is 6.42 Å². The summed E-state index contributed by atoms with van der Waals surface area (Å²) in [6.45, 7) is 4.97. The molecular weight excluding hydrogens is 398 g/mol. The summed E-state index contributed by atoms with van der Waals surface area (Å²) in [5.41, 5.74) is 8.95. The van der Waals surface area contributed by atoms with E-state index in [1.165, 1.54) is 24.3 Å². The summed E-state index contributed by atoms with van der Waals surface area (Å²) in [6, 6.07) is 3.79. The lowest BCUT2D eigenvalue weighted by Crippen LogP contribution is -2.32. The van der Waals surface area contributed by atoms with Gasteiger partial charge in [-0.3, -0.25) is 0 Å². The molecule has 2 aromatic rings. The van der Waals surface area contributed by atoms with Crippen molar-refractivity contribution in [3.8, 4) is 5.75 Å². The lowest BCUT2D eigenvalue weighted by Gasteiger charge is -2.24. The van der Waals surface area contributed by atoms with E-state index in [0.717, 1.165) is 24.3 Å². The van der Waals surface area contributed by atoms with E-state index in [1.807, 2.05) is 26.0 Å². The molecule has 0 radical (unpaired) electrons. The molecule has 31 heavy (non-hydrogen) atoms. The molecule has 0 spiro atoms. The van der Waals surface area contributed by atoms with Crippen LogP contribution in [0.4, 0.5) is 5.95 Å². The first-order valence-corrected chi connectivity index (χ1v) is 10.7. The smallest absolute Gasteiger partial charge is 0.263 e. The quantitative estimate of drug-likeness (QED) is 0.380. The first-order chi connectivity index (χ1) is 15.0. The Morgan fingerprint density at radius 1 is 1.26 bits per heavy atom. The number of anilines is 1. The molecule has 1 aliphatic carbocycles. The van der Waals surface area contributed by atoms with E-state index < -0.39 is 0 Å². The number of nitrogens with one attached hydrogen (secondary N) is 1. The van der Waals surface area contributed by atoms with E-state index in [9.17, 15) is 0 Å². The molecule has 3 rings (SSSR count). The average molecular weight is 432 g/mol. The highest BCUT2D eigenvalue weighted by molar-refractivity contribution is 5.64. The zero-order valence-corrected chi connectivity index (χ0v) is 18.6. The molecule has 0 aromatic carbocycles. The Morgan fingerprint density at radius 3 is 2.71 bits per heavy atom. The topological polar surface area (TPSA) is 138 Å². The predicted octanol–water partition coefficient (Wildman–Crippen LogP) is 2.57. The van der Waals surface area contributed by atoms with Crippen LogP contribution >= 0.6 is 0 Å². The van der Waals surface area contributed by atoms with Crippen LogP contribution < -0.4 is 21.6 Å². The summed E-state index contributed by atoms with van der Waals surface area (Å²) in [6.07, 6.45) is 6.19. The second-order valence-electron chi connectivity index (χ2n) is 7.63. The van der Waals surface area contributed by atoms with E-state index in [-0.39, 0.29) is 12.7 Å². The fourth-order valence-corrected chi connectivity index (χ4v) is 3.48. The second kappa shape index (κ2) is 11.0. The number of nitrogens with zero attached hydrogens (tertiary/aromatic N) is 4. The summed E-state index contributed by atoms with van der Waals surface area (Å²) in [5.74, 6) is 7.56. The number of aromatic nitrogens is 3. The van der Waals surface area contributed by atoms with Crippen molar-refractivity contribution in [1.29, 1.82) is 0 Å². The molecule has 10 heteroatoms. The van der Waals surface area contributed by atoms with Crippen LogP contribution in [0, 0.1) is 6.92 Å². The van der Waals surface area contributed by atoms with Gasteiger partial charge in [0.2, 0.25) is 0 Å². The summed E-state index contributed by atoms with van der Waals surface area (Å²) in [7, 11) is 1.72. The molecule has 0 bridgehead atoms. The summed E-state index contributed by atoms with van der Waals surface area (Å²) in [5, 5.41) is 8.40. The number of rotatable bonds is 10. The number of nitrogens with two attached hydrogens (primary N) is 2. The maximum absolute atomic E-state index is 6.41. The molecule has 0 unspecified atom stereocenters. The van der Waals surface area contributed by atoms with Gasteiger partial charge < -0.3 is 30.1 Å². The molecule has 0 atom stereocenters. The maximum Gasteiger partial charge on any atom is 0.263 e. The molecule has 2 aromatic heterocycles. The van der Waals surface area contributed by atoms with Crippen LogP contribution in [0.15, 0.2) is 22.4 Å². The Labute approximate surface area is 182 Å². The fourth-order valence-electron chi connectivity index (χ4n) is 3.48. The van der Waals surface area contributed by atoms with Crippen molar-refractivity contribution in [2.24, 2.45) is 11.6 Å². The minimum Gasteiger partial charge on any atom is -0.489 e. The molecule has 0 amide bonds. The Morgan fingerprint density at radius 2 is 2.03 bits per heavy atom. The van der Waals surface area contributed by atoms with Crippen LogP contribution in [0.5, 0.6) is 5.75 Å². The Bertz CT molecular complexity index is 876. The van der Waals surface area contributed by atoms with Gasteiger partial charge in [-0.2, -0.15) is 4.98 Å². The third kappa shape index (κ3) is 6.31. The lowest BCUT2D eigenvalue weighted by atomic mass is 9.98. The largest absolute Gasteiger partial charge is 0.489 e. The van der Waals surface area contributed by atoms with Crippen molar-refractivity contribution in [1.82, 2.24) is 20.1 Å². The molecule has 170 valence electrons. The van der Waals surface area contributed by atoms with Crippen LogP contribution in [-0.4, -0.2) is 46.4 Å². The number of ether oxygens (including phenoxy) is 2. The summed E-state index contributed by atoms with van der Waals surface area (Å²) < 4.78 is 16.6. The Hall–Kier alpha value is -2.85. The van der Waals surface area contributed by atoms with Crippen LogP contribution in [-0.2, 0) is 11.3 Å². The van der Waals surface area contributed by atoms with Crippen LogP contribution in [0.25, 0.3) is 5.70 Å². The van der Waals surface area contributed by atoms with Crippen molar-refractivity contribution < 1.29 is 14.0 Å². The standard InChI is InChI=1S/C21H33N7O3/c1-4-29-13-19-26-21(27-31-19)24-12-17(28(3)23)20(22)16-10-11-18(14(2)25-16)30-15-8-6-5-7-9-15/h10-11,15H,4-9,12-13,22-23H2,1-3H3,(H,24,27)/b20-17-. The molecule has 0 saturated heterocycles. The van der Waals surface area contributed by atoms with E-state index >= 15 is 0 Å². The fraction of sp³-hybridized carbons (Fsp3) is 0.571. The van der Waals surface area contributed by atoms with Crippen LogP contribution in [0.1, 0.15) is 56.3 Å². The molecule has 1 aliphatic rings. The number of hydrogen-bond acceptors (Lipinski definition) is 10. The van der Waals surface area contributed by atoms with Gasteiger partial charge in [-0.25, -0.2) is 10.8 Å². The summed E-state index contributed by atoms with van der Waals surface area (Å²) >= 11 is 0. The first-order valence-electron chi connectivity index (χ1n) is 10.7. The summed E-state index contributed by atoms with van der Waals surface area (Å²) in [4.78, 5) is 8.87. The number of likely N-dealkylation sites (N-methyl/N-ethyl adjacent to an activating group) is 1. The monoisotopic (exact) mass is 431 g/mol. The van der Waals surface area contributed by atoms with Gasteiger partial charge in [0.1, 0.15) is 12.4 Å². The normalized spacial score (nSPS) is 15.5. The van der Waals surface area contributed by atoms with Crippen molar-refractivity contribution in [2.75, 3.05) is 25.5 Å². The van der Waals surface area contributed by atoms with Gasteiger partial charge in [0.25, 0.3) is 11.8 Å². The Kier molecular flexibility index (Phi) is 8.07. The highest BCUT2D eigenvalue weighted by Gasteiger charge is 2.18. The minimum atomic E-state index is 0.269. The van der Waals surface area contributed by atoms with Crippen molar-refractivity contribution in [3.63, 3.8) is 0 Å². The van der Waals surface area contributed by atoms with Crippen LogP contribution in [0.2, 0.25) is 0 Å². The van der Waals surface area contributed by atoms with Gasteiger partial charge in [-0.15, -0.1) is 0 Å². The van der Waals surface area contributed by atoms with E-state index in [2.05, 4.69) is 20.4 Å². The number of hydrogen-bond donors (Lipinski definition) is 3. The maximum atomic E-state index is 6.41. The Balaban J connectivity index is 1.69. The zero-order valence-electron chi connectivity index (χ0n) is 18.6. The third-order valence-corrected chi connectivity index (χ3v) is 5.21. The molecule has 0 aliphatic heterocycles. The SMILES string of the molecule is CCOCc1nc(NC/C(=C(/N)c2ccc(OC3CCCCC3)c(C)n2)N(C)N)no1. The van der Waals surface area contributed by atoms with E-state index in [0.29, 0.717) is 42.1 Å². The first kappa shape index (κ1) is 22.8. The van der Waals surface area contributed by atoms with Crippen molar-refractivity contribution in [3.05, 3.63) is 35.1 Å². The number of aryl methyl sites for hydroxylation is 1. The third-order valence-electron chi connectivity index (χ3n) is 5.21. The van der Waals surface area contributed by atoms with Crippen LogP contribution in [0.3, 0.4) is 0 Å². The highest BCUT2D eigenvalue weighted by Crippen LogP contribution is 2.26. The molecule has 1 fully saturated rings. The molecule has 10 nitrogen and oxygen atoms in total. The highest BCUT2D eigenvalue weighted by atomic mass is 16.5. The predicted molar refractivity (Wildman–Crippen MR) is 118 cm³/mol.